The van der Waals surface area contributed by atoms with Crippen molar-refractivity contribution in [3.63, 3.8) is 0 Å². The number of hydrogen-bond donors (Lipinski definition) is 2. The molecule has 0 spiro atoms. The van der Waals surface area contributed by atoms with Gasteiger partial charge in [-0.05, 0) is 17.7 Å². The number of rotatable bonds is 2. The Bertz CT molecular complexity index is 681. The maximum Gasteiger partial charge on any atom is 0.273 e. The van der Waals surface area contributed by atoms with Gasteiger partial charge in [-0.2, -0.15) is 5.10 Å². The van der Waals surface area contributed by atoms with Crippen molar-refractivity contribution in [2.24, 2.45) is 0 Å². The molecule has 7 nitrogen and oxygen atoms in total. The molecule has 0 unspecified atom stereocenters. The van der Waals surface area contributed by atoms with Crippen LogP contribution in [0.1, 0.15) is 28.7 Å². The van der Waals surface area contributed by atoms with E-state index in [0.29, 0.717) is 24.5 Å². The van der Waals surface area contributed by atoms with Crippen molar-refractivity contribution in [3.05, 3.63) is 41.5 Å². The maximum atomic E-state index is 11.9. The SMILES string of the molecule is CC(=O)N1CCc2ncc(NC(=O)c3ccn[nH]3)cc2C1. The number of fused-ring (bicyclic) bond motifs is 1. The summed E-state index contributed by atoms with van der Waals surface area (Å²) in [6.07, 6.45) is 3.89. The standard InChI is InChI=1S/C14H15N5O2/c1-9(20)19-5-3-12-10(8-19)6-11(7-15-12)17-14(21)13-2-4-16-18-13/h2,4,6-7H,3,5,8H2,1H3,(H,16,18)(H,17,21). The lowest BCUT2D eigenvalue weighted by molar-refractivity contribution is -0.129. The number of carbonyl (C=O) groups is 2. The van der Waals surface area contributed by atoms with Crippen LogP contribution in [0.5, 0.6) is 0 Å². The summed E-state index contributed by atoms with van der Waals surface area (Å²) in [6, 6.07) is 3.46. The molecule has 2 N–H and O–H groups in total. The molecule has 0 saturated heterocycles. The van der Waals surface area contributed by atoms with Gasteiger partial charge in [-0.3, -0.25) is 19.7 Å². The highest BCUT2D eigenvalue weighted by atomic mass is 16.2. The van der Waals surface area contributed by atoms with E-state index < -0.39 is 0 Å². The fourth-order valence-electron chi connectivity index (χ4n) is 2.34. The molecule has 2 amide bonds. The smallest absolute Gasteiger partial charge is 0.273 e. The van der Waals surface area contributed by atoms with Crippen LogP contribution >= 0.6 is 0 Å². The topological polar surface area (TPSA) is 91.0 Å². The van der Waals surface area contributed by atoms with Gasteiger partial charge in [0.2, 0.25) is 5.91 Å². The summed E-state index contributed by atoms with van der Waals surface area (Å²) in [6.45, 7) is 2.78. The summed E-state index contributed by atoms with van der Waals surface area (Å²) in [4.78, 5) is 29.5. The van der Waals surface area contributed by atoms with Gasteiger partial charge in [0.05, 0.1) is 11.9 Å². The first-order valence-corrected chi connectivity index (χ1v) is 6.67. The Morgan fingerprint density at radius 1 is 1.43 bits per heavy atom. The van der Waals surface area contributed by atoms with Crippen LogP contribution in [0, 0.1) is 0 Å². The van der Waals surface area contributed by atoms with E-state index in [9.17, 15) is 9.59 Å². The highest BCUT2D eigenvalue weighted by molar-refractivity contribution is 6.02. The van der Waals surface area contributed by atoms with Crippen molar-refractivity contribution in [3.8, 4) is 0 Å². The number of aromatic nitrogens is 3. The van der Waals surface area contributed by atoms with Gasteiger partial charge in [0.25, 0.3) is 5.91 Å². The van der Waals surface area contributed by atoms with Crippen molar-refractivity contribution in [1.29, 1.82) is 0 Å². The minimum Gasteiger partial charge on any atom is -0.338 e. The summed E-state index contributed by atoms with van der Waals surface area (Å²) in [5.41, 5.74) is 2.95. The van der Waals surface area contributed by atoms with E-state index in [4.69, 9.17) is 0 Å². The molecule has 7 heteroatoms. The molecule has 21 heavy (non-hydrogen) atoms. The van der Waals surface area contributed by atoms with Gasteiger partial charge in [0.15, 0.2) is 0 Å². The number of pyridine rings is 1. The monoisotopic (exact) mass is 285 g/mol. The lowest BCUT2D eigenvalue weighted by Gasteiger charge is -2.27. The average Bonchev–Trinajstić information content (AvgIpc) is 3.00. The Balaban J connectivity index is 1.78. The van der Waals surface area contributed by atoms with Gasteiger partial charge in [0.1, 0.15) is 5.69 Å². The molecule has 3 heterocycles. The molecule has 2 aromatic heterocycles. The summed E-state index contributed by atoms with van der Waals surface area (Å²) in [5, 5.41) is 9.11. The number of nitrogens with zero attached hydrogens (tertiary/aromatic N) is 3. The first-order chi connectivity index (χ1) is 10.1. The van der Waals surface area contributed by atoms with Crippen LogP contribution in [0.3, 0.4) is 0 Å². The van der Waals surface area contributed by atoms with Gasteiger partial charge < -0.3 is 10.2 Å². The highest BCUT2D eigenvalue weighted by Gasteiger charge is 2.19. The number of amides is 2. The first kappa shape index (κ1) is 13.3. The second-order valence-electron chi connectivity index (χ2n) is 4.94. The molecule has 3 rings (SSSR count). The van der Waals surface area contributed by atoms with Crippen LogP contribution in [0.15, 0.2) is 24.5 Å². The average molecular weight is 285 g/mol. The van der Waals surface area contributed by atoms with Crippen molar-refractivity contribution in [2.75, 3.05) is 11.9 Å². The molecule has 108 valence electrons. The number of nitrogens with one attached hydrogen (secondary N) is 2. The molecule has 1 aliphatic heterocycles. The van der Waals surface area contributed by atoms with Gasteiger partial charge in [-0.1, -0.05) is 0 Å². The lowest BCUT2D eigenvalue weighted by atomic mass is 10.1. The predicted molar refractivity (Wildman–Crippen MR) is 75.6 cm³/mol. The molecule has 0 radical (unpaired) electrons. The van der Waals surface area contributed by atoms with E-state index >= 15 is 0 Å². The van der Waals surface area contributed by atoms with Crippen molar-refractivity contribution in [2.45, 2.75) is 19.9 Å². The third kappa shape index (κ3) is 2.76. The number of anilines is 1. The van der Waals surface area contributed by atoms with E-state index in [2.05, 4.69) is 20.5 Å². The van der Waals surface area contributed by atoms with Gasteiger partial charge in [-0.15, -0.1) is 0 Å². The third-order valence-electron chi connectivity index (χ3n) is 3.49. The molecule has 0 aliphatic carbocycles. The molecule has 0 bridgehead atoms. The van der Waals surface area contributed by atoms with E-state index in [1.165, 1.54) is 6.20 Å². The van der Waals surface area contributed by atoms with Gasteiger partial charge in [0, 0.05) is 38.3 Å². The molecular weight excluding hydrogens is 270 g/mol. The quantitative estimate of drug-likeness (QED) is 0.860. The summed E-state index contributed by atoms with van der Waals surface area (Å²) in [7, 11) is 0. The second-order valence-corrected chi connectivity index (χ2v) is 4.94. The predicted octanol–water partition coefficient (Wildman–Crippen LogP) is 0.962. The Kier molecular flexibility index (Phi) is 3.39. The summed E-state index contributed by atoms with van der Waals surface area (Å²) >= 11 is 0. The fourth-order valence-corrected chi connectivity index (χ4v) is 2.34. The number of H-pyrrole nitrogens is 1. The van der Waals surface area contributed by atoms with Crippen molar-refractivity contribution >= 4 is 17.5 Å². The number of aromatic amines is 1. The van der Waals surface area contributed by atoms with E-state index in [1.54, 1.807) is 24.1 Å². The molecular formula is C14H15N5O2. The van der Waals surface area contributed by atoms with Gasteiger partial charge >= 0.3 is 0 Å². The summed E-state index contributed by atoms with van der Waals surface area (Å²) < 4.78 is 0. The van der Waals surface area contributed by atoms with E-state index in [1.807, 2.05) is 6.07 Å². The minimum atomic E-state index is -0.270. The van der Waals surface area contributed by atoms with Gasteiger partial charge in [-0.25, -0.2) is 0 Å². The number of hydrogen-bond acceptors (Lipinski definition) is 4. The third-order valence-corrected chi connectivity index (χ3v) is 3.49. The van der Waals surface area contributed by atoms with Crippen molar-refractivity contribution in [1.82, 2.24) is 20.1 Å². The highest BCUT2D eigenvalue weighted by Crippen LogP contribution is 2.20. The zero-order valence-corrected chi connectivity index (χ0v) is 11.6. The molecule has 0 atom stereocenters. The van der Waals surface area contributed by atoms with E-state index in [0.717, 1.165) is 17.7 Å². The van der Waals surface area contributed by atoms with E-state index in [-0.39, 0.29) is 11.8 Å². The maximum absolute atomic E-state index is 11.9. The lowest BCUT2D eigenvalue weighted by Crippen LogP contribution is -2.34. The van der Waals surface area contributed by atoms with Crippen LogP contribution in [0.4, 0.5) is 5.69 Å². The normalized spacial score (nSPS) is 13.7. The Morgan fingerprint density at radius 2 is 2.29 bits per heavy atom. The molecule has 0 aromatic carbocycles. The molecule has 0 fully saturated rings. The fraction of sp³-hybridized carbons (Fsp3) is 0.286. The van der Waals surface area contributed by atoms with Crippen LogP contribution in [-0.4, -0.2) is 38.4 Å². The Labute approximate surface area is 121 Å². The first-order valence-electron chi connectivity index (χ1n) is 6.67. The zero-order valence-electron chi connectivity index (χ0n) is 11.6. The number of carbonyl (C=O) groups excluding carboxylic acids is 2. The van der Waals surface area contributed by atoms with Crippen LogP contribution in [-0.2, 0) is 17.8 Å². The Morgan fingerprint density at radius 3 is 3.00 bits per heavy atom. The Hall–Kier alpha value is -2.70. The second kappa shape index (κ2) is 5.35. The summed E-state index contributed by atoms with van der Waals surface area (Å²) in [5.74, 6) is -0.221. The minimum absolute atomic E-state index is 0.0487. The molecule has 0 saturated carbocycles. The van der Waals surface area contributed by atoms with Crippen LogP contribution in [0.2, 0.25) is 0 Å². The molecule has 1 aliphatic rings. The van der Waals surface area contributed by atoms with Crippen LogP contribution < -0.4 is 5.32 Å². The van der Waals surface area contributed by atoms with Crippen LogP contribution in [0.25, 0.3) is 0 Å². The molecule has 2 aromatic rings. The van der Waals surface area contributed by atoms with Crippen molar-refractivity contribution < 1.29 is 9.59 Å². The largest absolute Gasteiger partial charge is 0.338 e. The zero-order chi connectivity index (χ0) is 14.8.